The SMILES string of the molecule is O=C(CN1CCCCCCC1=O)NC(C(=O)O)c1ccc(Br)cc1. The van der Waals surface area contributed by atoms with E-state index in [0.717, 1.165) is 30.2 Å². The van der Waals surface area contributed by atoms with E-state index in [9.17, 15) is 19.5 Å². The molecule has 130 valence electrons. The van der Waals surface area contributed by atoms with E-state index < -0.39 is 17.9 Å². The van der Waals surface area contributed by atoms with Crippen molar-refractivity contribution in [2.75, 3.05) is 13.1 Å². The summed E-state index contributed by atoms with van der Waals surface area (Å²) in [6, 6.07) is 5.60. The van der Waals surface area contributed by atoms with Crippen molar-refractivity contribution in [3.05, 3.63) is 34.3 Å². The lowest BCUT2D eigenvalue weighted by atomic mass is 10.1. The molecule has 2 N–H and O–H groups in total. The van der Waals surface area contributed by atoms with Gasteiger partial charge < -0.3 is 15.3 Å². The van der Waals surface area contributed by atoms with Gasteiger partial charge in [-0.05, 0) is 30.5 Å². The number of hydrogen-bond acceptors (Lipinski definition) is 3. The molecule has 1 aromatic rings. The summed E-state index contributed by atoms with van der Waals surface area (Å²) < 4.78 is 0.827. The van der Waals surface area contributed by atoms with Crippen molar-refractivity contribution in [2.45, 2.75) is 38.1 Å². The van der Waals surface area contributed by atoms with Crippen LogP contribution in [-0.2, 0) is 14.4 Å². The Labute approximate surface area is 149 Å². The highest BCUT2D eigenvalue weighted by molar-refractivity contribution is 9.10. The summed E-state index contributed by atoms with van der Waals surface area (Å²) >= 11 is 3.29. The van der Waals surface area contributed by atoms with Gasteiger partial charge in [0, 0.05) is 17.4 Å². The highest BCUT2D eigenvalue weighted by atomic mass is 79.9. The molecular weight excluding hydrogens is 376 g/mol. The number of carboxylic acids is 1. The molecule has 24 heavy (non-hydrogen) atoms. The number of halogens is 1. The Morgan fingerprint density at radius 3 is 2.50 bits per heavy atom. The van der Waals surface area contributed by atoms with Crippen LogP contribution in [0.25, 0.3) is 0 Å². The second kappa shape index (κ2) is 8.82. The average molecular weight is 397 g/mol. The van der Waals surface area contributed by atoms with Crippen LogP contribution in [0.2, 0.25) is 0 Å². The molecule has 0 aromatic heterocycles. The number of aliphatic carboxylic acids is 1. The van der Waals surface area contributed by atoms with Crippen LogP contribution in [0.3, 0.4) is 0 Å². The summed E-state index contributed by atoms with van der Waals surface area (Å²) in [5.41, 5.74) is 0.484. The molecule has 1 aliphatic rings. The fourth-order valence-corrected chi connectivity index (χ4v) is 2.97. The van der Waals surface area contributed by atoms with Crippen LogP contribution < -0.4 is 5.32 Å². The van der Waals surface area contributed by atoms with E-state index in [1.807, 2.05) is 0 Å². The molecule has 2 rings (SSSR count). The van der Waals surface area contributed by atoms with Crippen LogP contribution in [0.5, 0.6) is 0 Å². The minimum absolute atomic E-state index is 0.0413. The zero-order valence-corrected chi connectivity index (χ0v) is 14.9. The van der Waals surface area contributed by atoms with Crippen LogP contribution in [0, 0.1) is 0 Å². The minimum atomic E-state index is -1.13. The maximum absolute atomic E-state index is 12.2. The van der Waals surface area contributed by atoms with Gasteiger partial charge in [0.05, 0.1) is 6.54 Å². The third kappa shape index (κ3) is 5.33. The Morgan fingerprint density at radius 1 is 1.17 bits per heavy atom. The van der Waals surface area contributed by atoms with Crippen molar-refractivity contribution >= 4 is 33.7 Å². The average Bonchev–Trinajstić information content (AvgIpc) is 2.53. The van der Waals surface area contributed by atoms with Gasteiger partial charge in [-0.2, -0.15) is 0 Å². The number of hydrogen-bond donors (Lipinski definition) is 2. The summed E-state index contributed by atoms with van der Waals surface area (Å²) in [6.07, 6.45) is 4.24. The highest BCUT2D eigenvalue weighted by Crippen LogP contribution is 2.17. The number of carbonyl (C=O) groups excluding carboxylic acids is 2. The summed E-state index contributed by atoms with van der Waals surface area (Å²) in [6.45, 7) is 0.446. The first-order valence-corrected chi connectivity index (χ1v) is 8.82. The third-order valence-corrected chi connectivity index (χ3v) is 4.54. The van der Waals surface area contributed by atoms with Crippen LogP contribution in [0.1, 0.15) is 43.7 Å². The Morgan fingerprint density at radius 2 is 1.83 bits per heavy atom. The molecule has 0 saturated carbocycles. The van der Waals surface area contributed by atoms with Gasteiger partial charge in [0.2, 0.25) is 11.8 Å². The molecule has 1 aliphatic heterocycles. The predicted octanol–water partition coefficient (Wildman–Crippen LogP) is 2.48. The van der Waals surface area contributed by atoms with Crippen molar-refractivity contribution in [1.82, 2.24) is 10.2 Å². The van der Waals surface area contributed by atoms with Gasteiger partial charge in [-0.3, -0.25) is 9.59 Å². The van der Waals surface area contributed by atoms with Gasteiger partial charge >= 0.3 is 5.97 Å². The molecule has 1 fully saturated rings. The fourth-order valence-electron chi connectivity index (χ4n) is 2.71. The van der Waals surface area contributed by atoms with Crippen molar-refractivity contribution in [1.29, 1.82) is 0 Å². The van der Waals surface area contributed by atoms with Gasteiger partial charge in [-0.25, -0.2) is 4.79 Å². The van der Waals surface area contributed by atoms with E-state index in [0.29, 0.717) is 18.5 Å². The maximum Gasteiger partial charge on any atom is 0.330 e. The first kappa shape index (κ1) is 18.4. The Balaban J connectivity index is 2.00. The number of rotatable bonds is 5. The quantitative estimate of drug-likeness (QED) is 0.800. The van der Waals surface area contributed by atoms with Crippen LogP contribution in [-0.4, -0.2) is 40.9 Å². The molecule has 1 atom stereocenters. The number of nitrogens with one attached hydrogen (secondary N) is 1. The number of likely N-dealkylation sites (tertiary alicyclic amines) is 1. The minimum Gasteiger partial charge on any atom is -0.479 e. The first-order valence-electron chi connectivity index (χ1n) is 8.03. The zero-order chi connectivity index (χ0) is 17.5. The van der Waals surface area contributed by atoms with E-state index in [1.54, 1.807) is 24.3 Å². The fraction of sp³-hybridized carbons (Fsp3) is 0.471. The molecule has 7 heteroatoms. The van der Waals surface area contributed by atoms with Gasteiger partial charge in [-0.1, -0.05) is 40.9 Å². The first-order chi connectivity index (χ1) is 11.5. The summed E-state index contributed by atoms with van der Waals surface area (Å²) in [5.74, 6) is -1.63. The molecule has 2 amide bonds. The Bertz CT molecular complexity index is 603. The lowest BCUT2D eigenvalue weighted by Gasteiger charge is -2.25. The molecule has 1 aromatic carbocycles. The maximum atomic E-state index is 12.2. The van der Waals surface area contributed by atoms with E-state index in [1.165, 1.54) is 4.90 Å². The van der Waals surface area contributed by atoms with Gasteiger partial charge in [0.1, 0.15) is 0 Å². The zero-order valence-electron chi connectivity index (χ0n) is 13.3. The molecule has 0 bridgehead atoms. The molecule has 0 aliphatic carbocycles. The molecule has 0 spiro atoms. The Kier molecular flexibility index (Phi) is 6.78. The van der Waals surface area contributed by atoms with Crippen LogP contribution in [0.4, 0.5) is 0 Å². The van der Waals surface area contributed by atoms with Gasteiger partial charge in [0.15, 0.2) is 6.04 Å². The topological polar surface area (TPSA) is 86.7 Å². The van der Waals surface area contributed by atoms with Crippen molar-refractivity contribution < 1.29 is 19.5 Å². The monoisotopic (exact) mass is 396 g/mol. The van der Waals surface area contributed by atoms with Crippen LogP contribution in [0.15, 0.2) is 28.7 Å². The molecule has 1 saturated heterocycles. The molecule has 6 nitrogen and oxygen atoms in total. The number of amides is 2. The van der Waals surface area contributed by atoms with E-state index in [-0.39, 0.29) is 12.5 Å². The predicted molar refractivity (Wildman–Crippen MR) is 92.3 cm³/mol. The lowest BCUT2D eigenvalue weighted by molar-refractivity contribution is -0.143. The summed E-state index contributed by atoms with van der Waals surface area (Å²) in [4.78, 5) is 37.3. The largest absolute Gasteiger partial charge is 0.479 e. The second-order valence-corrected chi connectivity index (χ2v) is 6.79. The third-order valence-electron chi connectivity index (χ3n) is 4.01. The molecule has 1 heterocycles. The summed E-state index contributed by atoms with van der Waals surface area (Å²) in [7, 11) is 0. The number of carbonyl (C=O) groups is 3. The standard InChI is InChI=1S/C17H21BrN2O4/c18-13-8-6-12(7-9-13)16(17(23)24)19-14(21)11-20-10-4-2-1-3-5-15(20)22/h6-9,16H,1-5,10-11H2,(H,19,21)(H,23,24). The van der Waals surface area contributed by atoms with E-state index in [4.69, 9.17) is 0 Å². The normalized spacial score (nSPS) is 16.9. The molecular formula is C17H21BrN2O4. The Hall–Kier alpha value is -1.89. The highest BCUT2D eigenvalue weighted by Gasteiger charge is 2.24. The number of benzene rings is 1. The van der Waals surface area contributed by atoms with Crippen LogP contribution >= 0.6 is 15.9 Å². The molecule has 0 radical (unpaired) electrons. The van der Waals surface area contributed by atoms with Crippen molar-refractivity contribution in [3.8, 4) is 0 Å². The lowest BCUT2D eigenvalue weighted by Crippen LogP contribution is -2.44. The van der Waals surface area contributed by atoms with Gasteiger partial charge in [-0.15, -0.1) is 0 Å². The number of carboxylic acid groups (broad SMARTS) is 1. The summed E-state index contributed by atoms with van der Waals surface area (Å²) in [5, 5.41) is 11.9. The molecule has 1 unspecified atom stereocenters. The van der Waals surface area contributed by atoms with Gasteiger partial charge in [0.25, 0.3) is 0 Å². The van der Waals surface area contributed by atoms with Crippen molar-refractivity contribution in [2.24, 2.45) is 0 Å². The van der Waals surface area contributed by atoms with Crippen molar-refractivity contribution in [3.63, 3.8) is 0 Å². The van der Waals surface area contributed by atoms with E-state index in [2.05, 4.69) is 21.2 Å². The number of nitrogens with zero attached hydrogens (tertiary/aromatic N) is 1. The second-order valence-electron chi connectivity index (χ2n) is 5.87. The smallest absolute Gasteiger partial charge is 0.330 e. The van der Waals surface area contributed by atoms with E-state index >= 15 is 0 Å².